The third-order valence-corrected chi connectivity index (χ3v) is 8.74. The molecule has 0 spiro atoms. The average molecular weight is 667 g/mol. The van der Waals surface area contributed by atoms with E-state index in [-0.39, 0.29) is 29.0 Å². The van der Waals surface area contributed by atoms with Crippen LogP contribution < -0.4 is 30.6 Å². The van der Waals surface area contributed by atoms with E-state index in [0.717, 1.165) is 44.0 Å². The quantitative estimate of drug-likeness (QED) is 0.205. The van der Waals surface area contributed by atoms with Crippen molar-refractivity contribution in [2.24, 2.45) is 11.8 Å². The molecule has 5 aromatic rings. The van der Waals surface area contributed by atoms with Crippen LogP contribution in [0.15, 0.2) is 84.6 Å². The van der Waals surface area contributed by atoms with Crippen molar-refractivity contribution in [2.45, 2.75) is 0 Å². The van der Waals surface area contributed by atoms with E-state index < -0.39 is 17.2 Å². The van der Waals surface area contributed by atoms with Crippen molar-refractivity contribution in [3.8, 4) is 22.9 Å². The van der Waals surface area contributed by atoms with Crippen molar-refractivity contribution in [3.05, 3.63) is 102 Å². The van der Waals surface area contributed by atoms with Crippen LogP contribution in [0.2, 0.25) is 0 Å². The van der Waals surface area contributed by atoms with Crippen LogP contribution in [0.25, 0.3) is 16.7 Å². The standard InChI is InChI=1S/C35H32F2N8O4/c1-4-32(46)40-26-12-27(30(48-3)13-28(26)44-18-21-16-43(2)17-22(21)19-44)41-35-39-14-20-10-31(49-29-8-7-23(36)11-25(29)37)34(47)45(33(20)42-35)24-6-5-9-38-15-24/h4-15,21-22H,1,16-19H2,2-3H3,(H,40,46)(H,39,41,42)/t21-,22+. The van der Waals surface area contributed by atoms with E-state index in [0.29, 0.717) is 46.1 Å². The van der Waals surface area contributed by atoms with Crippen LogP contribution in [0, 0.1) is 23.5 Å². The number of nitrogens with one attached hydrogen (secondary N) is 2. The van der Waals surface area contributed by atoms with Gasteiger partial charge in [-0.2, -0.15) is 4.98 Å². The van der Waals surface area contributed by atoms with Crippen molar-refractivity contribution in [3.63, 3.8) is 0 Å². The van der Waals surface area contributed by atoms with Gasteiger partial charge in [0, 0.05) is 56.1 Å². The number of aromatic nitrogens is 4. The Morgan fingerprint density at radius 1 is 1.00 bits per heavy atom. The number of halogens is 2. The van der Waals surface area contributed by atoms with Crippen LogP contribution in [-0.4, -0.2) is 70.7 Å². The Hall–Kier alpha value is -5.89. The zero-order valence-corrected chi connectivity index (χ0v) is 26.7. The van der Waals surface area contributed by atoms with Gasteiger partial charge in [0.25, 0.3) is 5.56 Å². The van der Waals surface area contributed by atoms with Crippen molar-refractivity contribution in [2.75, 3.05) is 55.9 Å². The lowest BCUT2D eigenvalue weighted by atomic mass is 10.0. The maximum atomic E-state index is 14.5. The highest BCUT2D eigenvalue weighted by atomic mass is 19.1. The van der Waals surface area contributed by atoms with Crippen LogP contribution in [0.1, 0.15) is 0 Å². The minimum Gasteiger partial charge on any atom is -0.494 e. The van der Waals surface area contributed by atoms with Gasteiger partial charge in [-0.1, -0.05) is 6.58 Å². The summed E-state index contributed by atoms with van der Waals surface area (Å²) < 4.78 is 40.7. The fourth-order valence-electron chi connectivity index (χ4n) is 6.53. The fourth-order valence-corrected chi connectivity index (χ4v) is 6.53. The number of hydrogen-bond donors (Lipinski definition) is 2. The first-order chi connectivity index (χ1) is 23.7. The lowest BCUT2D eigenvalue weighted by Gasteiger charge is -2.26. The number of methoxy groups -OCH3 is 1. The third-order valence-electron chi connectivity index (χ3n) is 8.74. The molecule has 5 heterocycles. The molecule has 1 amide bonds. The summed E-state index contributed by atoms with van der Waals surface area (Å²) in [6.07, 6.45) is 5.71. The topological polar surface area (TPSA) is 127 Å². The molecule has 0 saturated carbocycles. The first-order valence-corrected chi connectivity index (χ1v) is 15.5. The minimum absolute atomic E-state index is 0.119. The SMILES string of the molecule is C=CC(=O)Nc1cc(Nc2ncc3cc(Oc4ccc(F)cc4F)c(=O)n(-c4cccnc4)c3n2)c(OC)cc1N1C[C@H]2CN(C)C[C@H]2C1. The number of anilines is 4. The van der Waals surface area contributed by atoms with Crippen molar-refractivity contribution in [1.29, 1.82) is 0 Å². The molecule has 0 unspecified atom stereocenters. The molecule has 2 aliphatic rings. The molecule has 12 nitrogen and oxygen atoms in total. The highest BCUT2D eigenvalue weighted by Crippen LogP contribution is 2.42. The largest absolute Gasteiger partial charge is 0.494 e. The predicted molar refractivity (Wildman–Crippen MR) is 181 cm³/mol. The van der Waals surface area contributed by atoms with Crippen molar-refractivity contribution in [1.82, 2.24) is 24.4 Å². The second kappa shape index (κ2) is 13.0. The number of fused-ring (bicyclic) bond motifs is 2. The second-order valence-corrected chi connectivity index (χ2v) is 12.0. The zero-order chi connectivity index (χ0) is 34.2. The summed E-state index contributed by atoms with van der Waals surface area (Å²) in [4.78, 5) is 44.2. The number of nitrogens with zero attached hydrogens (tertiary/aromatic N) is 6. The minimum atomic E-state index is -0.966. The molecule has 2 aliphatic heterocycles. The molecular formula is C35H32F2N8O4. The molecule has 49 heavy (non-hydrogen) atoms. The molecule has 7 rings (SSSR count). The lowest BCUT2D eigenvalue weighted by molar-refractivity contribution is -0.111. The van der Waals surface area contributed by atoms with Crippen molar-refractivity contribution < 1.29 is 23.0 Å². The molecule has 2 N–H and O–H groups in total. The average Bonchev–Trinajstić information content (AvgIpc) is 3.64. The zero-order valence-electron chi connectivity index (χ0n) is 26.7. The molecular weight excluding hydrogens is 634 g/mol. The summed E-state index contributed by atoms with van der Waals surface area (Å²) in [6.45, 7) is 7.34. The third kappa shape index (κ3) is 6.25. The van der Waals surface area contributed by atoms with E-state index in [9.17, 15) is 18.4 Å². The summed E-state index contributed by atoms with van der Waals surface area (Å²) in [7, 11) is 3.68. The number of amides is 1. The Morgan fingerprint density at radius 3 is 2.49 bits per heavy atom. The first-order valence-electron chi connectivity index (χ1n) is 15.5. The van der Waals surface area contributed by atoms with Crippen LogP contribution in [0.5, 0.6) is 17.2 Å². The number of carbonyl (C=O) groups is 1. The number of ether oxygens (including phenoxy) is 2. The lowest BCUT2D eigenvalue weighted by Crippen LogP contribution is -2.27. The van der Waals surface area contributed by atoms with Crippen LogP contribution >= 0.6 is 0 Å². The Kier molecular flexibility index (Phi) is 8.38. The van der Waals surface area contributed by atoms with E-state index in [4.69, 9.17) is 9.47 Å². The number of hydrogen-bond acceptors (Lipinski definition) is 10. The Labute approximate surface area is 279 Å². The molecule has 2 fully saturated rings. The van der Waals surface area contributed by atoms with E-state index in [1.165, 1.54) is 29.1 Å². The van der Waals surface area contributed by atoms with Crippen LogP contribution in [0.4, 0.5) is 31.8 Å². The first kappa shape index (κ1) is 31.7. The van der Waals surface area contributed by atoms with Gasteiger partial charge in [-0.25, -0.2) is 13.8 Å². The molecule has 250 valence electrons. The van der Waals surface area contributed by atoms with Crippen molar-refractivity contribution >= 4 is 40.0 Å². The second-order valence-electron chi connectivity index (χ2n) is 12.0. The number of pyridine rings is 2. The van der Waals surface area contributed by atoms with Gasteiger partial charge in [0.2, 0.25) is 11.9 Å². The van der Waals surface area contributed by atoms with Gasteiger partial charge < -0.3 is 29.9 Å². The molecule has 0 bridgehead atoms. The van der Waals surface area contributed by atoms with E-state index in [1.54, 1.807) is 31.5 Å². The highest BCUT2D eigenvalue weighted by molar-refractivity contribution is 6.02. The van der Waals surface area contributed by atoms with E-state index in [1.807, 2.05) is 6.07 Å². The Bertz CT molecular complexity index is 2130. The maximum absolute atomic E-state index is 14.5. The summed E-state index contributed by atoms with van der Waals surface area (Å²) in [6, 6.07) is 11.1. The Morgan fingerprint density at radius 2 is 1.80 bits per heavy atom. The van der Waals surface area contributed by atoms with E-state index >= 15 is 0 Å². The van der Waals surface area contributed by atoms with Crippen LogP contribution in [0.3, 0.4) is 0 Å². The fraction of sp³-hybridized carbons (Fsp3) is 0.229. The van der Waals surface area contributed by atoms with Gasteiger partial charge in [-0.3, -0.25) is 19.1 Å². The summed E-state index contributed by atoms with van der Waals surface area (Å²) in [5.74, 6) is -1.01. The molecule has 2 aromatic carbocycles. The van der Waals surface area contributed by atoms with Gasteiger partial charge in [-0.15, -0.1) is 0 Å². The number of benzene rings is 2. The summed E-state index contributed by atoms with van der Waals surface area (Å²) in [5, 5.41) is 6.50. The predicted octanol–water partition coefficient (Wildman–Crippen LogP) is 5.12. The number of carbonyl (C=O) groups excluding carboxylic acids is 1. The number of rotatable bonds is 9. The van der Waals surface area contributed by atoms with Gasteiger partial charge >= 0.3 is 0 Å². The van der Waals surface area contributed by atoms with Crippen LogP contribution in [-0.2, 0) is 4.79 Å². The number of likely N-dealkylation sites (tertiary alicyclic amines) is 1. The van der Waals surface area contributed by atoms with Gasteiger partial charge in [0.1, 0.15) is 11.6 Å². The highest BCUT2D eigenvalue weighted by Gasteiger charge is 2.39. The Balaban J connectivity index is 1.28. The molecule has 3 aromatic heterocycles. The molecule has 2 atom stereocenters. The van der Waals surface area contributed by atoms with Gasteiger partial charge in [0.15, 0.2) is 23.0 Å². The molecule has 0 radical (unpaired) electrons. The monoisotopic (exact) mass is 666 g/mol. The normalized spacial score (nSPS) is 17.2. The summed E-state index contributed by atoms with van der Waals surface area (Å²) >= 11 is 0. The molecule has 14 heteroatoms. The molecule has 2 saturated heterocycles. The molecule has 0 aliphatic carbocycles. The van der Waals surface area contributed by atoms with Gasteiger partial charge in [-0.05, 0) is 61.4 Å². The smallest absolute Gasteiger partial charge is 0.299 e. The van der Waals surface area contributed by atoms with Gasteiger partial charge in [0.05, 0.1) is 36.1 Å². The summed E-state index contributed by atoms with van der Waals surface area (Å²) in [5.41, 5.74) is 1.75. The maximum Gasteiger partial charge on any atom is 0.299 e. The van der Waals surface area contributed by atoms with E-state index in [2.05, 4.69) is 49.0 Å².